The molecule has 0 spiro atoms. The van der Waals surface area contributed by atoms with Crippen LogP contribution in [0.1, 0.15) is 44.6 Å². The van der Waals surface area contributed by atoms with Gasteiger partial charge in [-0.25, -0.2) is 0 Å². The highest BCUT2D eigenvalue weighted by Crippen LogP contribution is 2.29. The number of allylic oxidation sites excluding steroid dienone is 3. The summed E-state index contributed by atoms with van der Waals surface area (Å²) in [7, 11) is 0. The van der Waals surface area contributed by atoms with Crippen molar-refractivity contribution in [2.75, 3.05) is 5.32 Å². The van der Waals surface area contributed by atoms with Gasteiger partial charge in [-0.05, 0) is 24.6 Å². The Hall–Kier alpha value is -2.82. The van der Waals surface area contributed by atoms with Crippen molar-refractivity contribution in [1.29, 1.82) is 0 Å². The topological polar surface area (TPSA) is 56.2 Å². The predicted molar refractivity (Wildman–Crippen MR) is 102 cm³/mol. The van der Waals surface area contributed by atoms with E-state index >= 15 is 0 Å². The summed E-state index contributed by atoms with van der Waals surface area (Å²) >= 11 is 0. The average Bonchev–Trinajstić information content (AvgIpc) is 2.92. The molecule has 0 aliphatic carbocycles. The van der Waals surface area contributed by atoms with Crippen LogP contribution in [-0.4, -0.2) is 15.7 Å². The van der Waals surface area contributed by atoms with Gasteiger partial charge in [0.2, 0.25) is 5.91 Å². The molecule has 1 aliphatic heterocycles. The third-order valence-electron chi connectivity index (χ3n) is 3.77. The normalized spacial score (nSPS) is 12.6. The predicted octanol–water partition coefficient (Wildman–Crippen LogP) is 4.40. The lowest BCUT2D eigenvalue weighted by molar-refractivity contribution is -0.114. The first-order valence-electron chi connectivity index (χ1n) is 8.50. The Bertz CT molecular complexity index is 803. The maximum atomic E-state index is 11.2. The summed E-state index contributed by atoms with van der Waals surface area (Å²) in [5.41, 5.74) is 4.69. The first kappa shape index (κ1) is 18.5. The second kappa shape index (κ2) is 8.33. The molecule has 0 bridgehead atoms. The Morgan fingerprint density at radius 1 is 1.36 bits per heavy atom. The molecule has 1 aliphatic rings. The molecule has 3 rings (SSSR count). The minimum absolute atomic E-state index is 0.0977. The number of fused-ring (bicyclic) bond motifs is 2. The van der Waals surface area contributed by atoms with Crippen molar-refractivity contribution < 1.29 is 9.53 Å². The highest BCUT2D eigenvalue weighted by molar-refractivity contribution is 5.88. The molecule has 1 aromatic heterocycles. The number of hydrogen-bond donors (Lipinski definition) is 1. The molecule has 5 nitrogen and oxygen atoms in total. The number of ether oxygens (including phenoxy) is 1. The fraction of sp³-hybridized carbons (Fsp3) is 0.300. The van der Waals surface area contributed by atoms with Gasteiger partial charge in [-0.2, -0.15) is 5.10 Å². The van der Waals surface area contributed by atoms with E-state index in [0.29, 0.717) is 13.2 Å². The van der Waals surface area contributed by atoms with Crippen LogP contribution in [0, 0.1) is 0 Å². The summed E-state index contributed by atoms with van der Waals surface area (Å²) in [6, 6.07) is 7.71. The van der Waals surface area contributed by atoms with Gasteiger partial charge in [0.1, 0.15) is 12.4 Å². The van der Waals surface area contributed by atoms with E-state index in [1.165, 1.54) is 6.92 Å². The molecule has 132 valence electrons. The van der Waals surface area contributed by atoms with Crippen LogP contribution in [0.4, 0.5) is 5.69 Å². The van der Waals surface area contributed by atoms with E-state index in [1.54, 1.807) is 6.08 Å². The third-order valence-corrected chi connectivity index (χ3v) is 3.77. The monoisotopic (exact) mass is 339 g/mol. The van der Waals surface area contributed by atoms with Crippen molar-refractivity contribution in [3.63, 3.8) is 0 Å². The van der Waals surface area contributed by atoms with Crippen LogP contribution in [0.3, 0.4) is 0 Å². The van der Waals surface area contributed by atoms with Gasteiger partial charge in [0.15, 0.2) is 0 Å². The molecular formula is C20H25N3O2. The lowest BCUT2D eigenvalue weighted by Gasteiger charge is -2.09. The Balaban J connectivity index is 0.00000109. The maximum absolute atomic E-state index is 11.2. The average molecular weight is 339 g/mol. The fourth-order valence-electron chi connectivity index (χ4n) is 2.63. The van der Waals surface area contributed by atoms with E-state index < -0.39 is 0 Å². The first-order chi connectivity index (χ1) is 12.1. The Morgan fingerprint density at radius 3 is 2.76 bits per heavy atom. The van der Waals surface area contributed by atoms with E-state index in [0.717, 1.165) is 34.0 Å². The summed E-state index contributed by atoms with van der Waals surface area (Å²) in [6.07, 6.45) is 3.79. The molecule has 2 aromatic rings. The van der Waals surface area contributed by atoms with Crippen LogP contribution >= 0.6 is 0 Å². The number of hydrogen-bond acceptors (Lipinski definition) is 3. The van der Waals surface area contributed by atoms with Crippen LogP contribution < -0.4 is 10.1 Å². The molecule has 5 heteroatoms. The molecule has 1 aromatic carbocycles. The minimum atomic E-state index is -0.0977. The number of benzene rings is 1. The van der Waals surface area contributed by atoms with E-state index in [4.69, 9.17) is 4.74 Å². The van der Waals surface area contributed by atoms with Gasteiger partial charge in [-0.1, -0.05) is 38.6 Å². The van der Waals surface area contributed by atoms with Crippen LogP contribution in [-0.2, 0) is 17.9 Å². The summed E-state index contributed by atoms with van der Waals surface area (Å²) in [5, 5.41) is 7.42. The summed E-state index contributed by atoms with van der Waals surface area (Å²) in [4.78, 5) is 11.2. The van der Waals surface area contributed by atoms with Crippen molar-refractivity contribution >= 4 is 17.2 Å². The van der Waals surface area contributed by atoms with Crippen LogP contribution in [0.5, 0.6) is 5.75 Å². The number of carbonyl (C=O) groups is 1. The summed E-state index contributed by atoms with van der Waals surface area (Å²) in [5.74, 6) is 0.678. The van der Waals surface area contributed by atoms with Gasteiger partial charge in [0.05, 0.1) is 17.9 Å². The molecule has 1 N–H and O–H groups in total. The molecule has 0 saturated carbocycles. The second-order valence-corrected chi connectivity index (χ2v) is 5.42. The molecule has 0 atom stereocenters. The smallest absolute Gasteiger partial charge is 0.221 e. The van der Waals surface area contributed by atoms with Crippen molar-refractivity contribution in [2.45, 2.75) is 40.8 Å². The molecule has 2 heterocycles. The number of amides is 1. The van der Waals surface area contributed by atoms with E-state index in [2.05, 4.69) is 17.0 Å². The molecule has 0 radical (unpaired) electrons. The Kier molecular flexibility index (Phi) is 6.17. The summed E-state index contributed by atoms with van der Waals surface area (Å²) in [6.45, 7) is 12.4. The lowest BCUT2D eigenvalue weighted by atomic mass is 10.2. The number of aromatic nitrogens is 2. The second-order valence-electron chi connectivity index (χ2n) is 5.42. The van der Waals surface area contributed by atoms with Crippen molar-refractivity contribution in [1.82, 2.24) is 9.78 Å². The number of rotatable bonds is 3. The fourth-order valence-corrected chi connectivity index (χ4v) is 2.63. The van der Waals surface area contributed by atoms with Crippen molar-refractivity contribution in [3.8, 4) is 5.75 Å². The Morgan fingerprint density at radius 2 is 2.12 bits per heavy atom. The van der Waals surface area contributed by atoms with Gasteiger partial charge in [-0.15, -0.1) is 0 Å². The quantitative estimate of drug-likeness (QED) is 0.843. The maximum Gasteiger partial charge on any atom is 0.221 e. The molecule has 25 heavy (non-hydrogen) atoms. The number of carbonyl (C=O) groups excluding carboxylic acids is 1. The van der Waals surface area contributed by atoms with Crippen molar-refractivity contribution in [2.24, 2.45) is 0 Å². The van der Waals surface area contributed by atoms with Crippen LogP contribution in [0.15, 0.2) is 43.0 Å². The zero-order valence-corrected chi connectivity index (χ0v) is 15.3. The first-order valence-corrected chi connectivity index (χ1v) is 8.50. The lowest BCUT2D eigenvalue weighted by Crippen LogP contribution is -2.06. The Labute approximate surface area is 149 Å². The molecule has 1 amide bonds. The van der Waals surface area contributed by atoms with Crippen LogP contribution in [0.2, 0.25) is 0 Å². The highest BCUT2D eigenvalue weighted by Gasteiger charge is 2.17. The van der Waals surface area contributed by atoms with Gasteiger partial charge in [-0.3, -0.25) is 9.48 Å². The van der Waals surface area contributed by atoms with Gasteiger partial charge >= 0.3 is 0 Å². The van der Waals surface area contributed by atoms with Gasteiger partial charge in [0.25, 0.3) is 0 Å². The standard InChI is InChI=1S/C18H19N3O2.C2H6/c1-4-13(5-2)17-9-16-11-23-18-8-15(19-12(3)22)7-6-14(18)10-21(16)20-17;1-2/h4-9H,1,10-11H2,2-3H3,(H,19,22);1-2H3/b13-5+;. The zero-order chi connectivity index (χ0) is 18.4. The SMILES string of the molecule is C=C/C(=C\C)c1cc2n(n1)Cc1ccc(NC(C)=O)cc1OC2.CC. The molecule has 0 unspecified atom stereocenters. The number of nitrogens with one attached hydrogen (secondary N) is 1. The van der Waals surface area contributed by atoms with Gasteiger partial charge in [0, 0.05) is 24.2 Å². The molecular weight excluding hydrogens is 314 g/mol. The zero-order valence-electron chi connectivity index (χ0n) is 15.3. The summed E-state index contributed by atoms with van der Waals surface area (Å²) < 4.78 is 7.85. The number of anilines is 1. The van der Waals surface area contributed by atoms with E-state index in [-0.39, 0.29) is 5.91 Å². The minimum Gasteiger partial charge on any atom is -0.487 e. The number of nitrogens with zero attached hydrogens (tertiary/aromatic N) is 2. The van der Waals surface area contributed by atoms with Crippen molar-refractivity contribution in [3.05, 3.63) is 59.9 Å². The highest BCUT2D eigenvalue weighted by atomic mass is 16.5. The molecule has 0 saturated heterocycles. The molecule has 0 fully saturated rings. The van der Waals surface area contributed by atoms with E-state index in [9.17, 15) is 4.79 Å². The van der Waals surface area contributed by atoms with Crippen LogP contribution in [0.25, 0.3) is 5.57 Å². The van der Waals surface area contributed by atoms with Gasteiger partial charge < -0.3 is 10.1 Å². The largest absolute Gasteiger partial charge is 0.487 e. The third kappa shape index (κ3) is 4.18. The van der Waals surface area contributed by atoms with E-state index in [1.807, 2.05) is 55.8 Å².